The number of anilines is 1. The zero-order chi connectivity index (χ0) is 25.4. The van der Waals surface area contributed by atoms with Crippen LogP contribution in [0.4, 0.5) is 5.82 Å². The summed E-state index contributed by atoms with van der Waals surface area (Å²) in [5.41, 5.74) is 0.976. The Bertz CT molecular complexity index is 1060. The smallest absolute Gasteiger partial charge is 0.274 e. The van der Waals surface area contributed by atoms with Gasteiger partial charge in [-0.25, -0.2) is 9.97 Å². The van der Waals surface area contributed by atoms with Gasteiger partial charge >= 0.3 is 0 Å². The van der Waals surface area contributed by atoms with E-state index in [-0.39, 0.29) is 35.6 Å². The van der Waals surface area contributed by atoms with Gasteiger partial charge in [-0.1, -0.05) is 6.92 Å². The molecular weight excluding hydrogens is 448 g/mol. The number of ketones is 1. The first-order valence-corrected chi connectivity index (χ1v) is 12.8. The van der Waals surface area contributed by atoms with Crippen LogP contribution in [-0.2, 0) is 0 Å². The molecule has 1 aliphatic rings. The van der Waals surface area contributed by atoms with E-state index in [1.807, 2.05) is 31.7 Å². The Morgan fingerprint density at radius 1 is 1.29 bits per heavy atom. The van der Waals surface area contributed by atoms with E-state index < -0.39 is 5.60 Å². The van der Waals surface area contributed by atoms with Crippen LogP contribution in [0, 0.1) is 12.8 Å². The number of aromatic nitrogens is 2. The molecule has 1 amide bonds. The molecule has 0 unspecified atom stereocenters. The van der Waals surface area contributed by atoms with Crippen molar-refractivity contribution in [1.29, 1.82) is 0 Å². The Kier molecular flexibility index (Phi) is 7.53. The molecule has 1 aliphatic heterocycles. The summed E-state index contributed by atoms with van der Waals surface area (Å²) in [7, 11) is 0. The van der Waals surface area contributed by atoms with E-state index in [2.05, 4.69) is 36.1 Å². The average Bonchev–Trinajstić information content (AvgIpc) is 3.32. The Balaban J connectivity index is 2.03. The predicted octanol–water partition coefficient (Wildman–Crippen LogP) is 5.33. The number of hydrogen-bond acceptors (Lipinski definition) is 7. The van der Waals surface area contributed by atoms with Crippen LogP contribution in [0.3, 0.4) is 0 Å². The van der Waals surface area contributed by atoms with Gasteiger partial charge in [-0.2, -0.15) is 0 Å². The second-order valence-corrected chi connectivity index (χ2v) is 12.1. The highest BCUT2D eigenvalue weighted by Crippen LogP contribution is 2.36. The Labute approximate surface area is 207 Å². The molecule has 2 aromatic rings. The van der Waals surface area contributed by atoms with Crippen molar-refractivity contribution in [3.05, 3.63) is 28.5 Å². The van der Waals surface area contributed by atoms with Crippen molar-refractivity contribution in [1.82, 2.24) is 14.9 Å². The van der Waals surface area contributed by atoms with E-state index in [1.54, 1.807) is 20.0 Å². The number of amides is 1. The third-order valence-electron chi connectivity index (χ3n) is 6.44. The van der Waals surface area contributed by atoms with Crippen LogP contribution < -0.4 is 5.32 Å². The van der Waals surface area contributed by atoms with Crippen LogP contribution in [0.5, 0.6) is 0 Å². The monoisotopic (exact) mass is 486 g/mol. The van der Waals surface area contributed by atoms with Crippen LogP contribution in [-0.4, -0.2) is 55.4 Å². The van der Waals surface area contributed by atoms with Crippen molar-refractivity contribution >= 4 is 28.8 Å². The summed E-state index contributed by atoms with van der Waals surface area (Å²) in [6.45, 7) is 16.2. The third-order valence-corrected chi connectivity index (χ3v) is 7.57. The summed E-state index contributed by atoms with van der Waals surface area (Å²) in [4.78, 5) is 38.3. The molecule has 1 fully saturated rings. The van der Waals surface area contributed by atoms with Gasteiger partial charge in [0.2, 0.25) is 0 Å². The van der Waals surface area contributed by atoms with Gasteiger partial charge < -0.3 is 15.3 Å². The quantitative estimate of drug-likeness (QED) is 0.514. The number of nitrogens with zero attached hydrogens (tertiary/aromatic N) is 3. The van der Waals surface area contributed by atoms with Crippen molar-refractivity contribution in [2.24, 2.45) is 5.92 Å². The Morgan fingerprint density at radius 3 is 2.50 bits per heavy atom. The lowest BCUT2D eigenvalue weighted by Crippen LogP contribution is -2.34. The van der Waals surface area contributed by atoms with E-state index in [9.17, 15) is 14.7 Å². The summed E-state index contributed by atoms with van der Waals surface area (Å²) in [6.07, 6.45) is 3.85. The molecule has 0 radical (unpaired) electrons. The number of hydrogen-bond donors (Lipinski definition) is 2. The minimum Gasteiger partial charge on any atom is -0.390 e. The SMILES string of the molecule is Cc1cc(NC(C)(C)C)ncc1-c1sc(C(=O)C[C@H](C)C(C)(C)O)nc1C(=O)N1CCC[C@@H]1C. The molecule has 0 spiro atoms. The maximum atomic E-state index is 13.5. The summed E-state index contributed by atoms with van der Waals surface area (Å²) < 4.78 is 0. The number of carbonyl (C=O) groups is 2. The van der Waals surface area contributed by atoms with Crippen molar-refractivity contribution in [3.8, 4) is 10.4 Å². The van der Waals surface area contributed by atoms with Crippen molar-refractivity contribution < 1.29 is 14.7 Å². The maximum absolute atomic E-state index is 13.5. The van der Waals surface area contributed by atoms with Gasteiger partial charge in [0.25, 0.3) is 5.91 Å². The van der Waals surface area contributed by atoms with Crippen molar-refractivity contribution in [3.63, 3.8) is 0 Å². The lowest BCUT2D eigenvalue weighted by Gasteiger charge is -2.24. The molecule has 3 heterocycles. The molecule has 2 aromatic heterocycles. The molecule has 2 N–H and O–H groups in total. The highest BCUT2D eigenvalue weighted by molar-refractivity contribution is 7.17. The molecule has 0 saturated carbocycles. The van der Waals surface area contributed by atoms with Crippen molar-refractivity contribution in [2.45, 2.75) is 91.8 Å². The largest absolute Gasteiger partial charge is 0.390 e. The first-order valence-electron chi connectivity index (χ1n) is 12.0. The van der Waals surface area contributed by atoms with Crippen LogP contribution in [0.2, 0.25) is 0 Å². The number of pyridine rings is 1. The number of nitrogens with one attached hydrogen (secondary N) is 1. The molecule has 0 bridgehead atoms. The highest BCUT2D eigenvalue weighted by Gasteiger charge is 2.33. The van der Waals surface area contributed by atoms with E-state index in [0.717, 1.165) is 29.8 Å². The van der Waals surface area contributed by atoms with E-state index >= 15 is 0 Å². The predicted molar refractivity (Wildman–Crippen MR) is 138 cm³/mol. The van der Waals surface area contributed by atoms with Crippen LogP contribution in [0.1, 0.15) is 93.6 Å². The zero-order valence-electron chi connectivity index (χ0n) is 21.7. The second-order valence-electron chi connectivity index (χ2n) is 11.1. The first-order chi connectivity index (χ1) is 15.7. The molecule has 0 aromatic carbocycles. The normalized spacial score (nSPS) is 17.7. The lowest BCUT2D eigenvalue weighted by molar-refractivity contribution is 0.0213. The van der Waals surface area contributed by atoms with E-state index in [1.165, 1.54) is 11.3 Å². The standard InChI is InChI=1S/C26H38N4O3S/c1-15-12-20(29-25(4,5)6)27-14-18(15)22-21(24(32)30-11-9-10-17(30)3)28-23(34-22)19(31)13-16(2)26(7,8)33/h12,14,16-17,33H,9-11,13H2,1-8H3,(H,27,29)/t16-,17-/m0/s1. The maximum Gasteiger partial charge on any atom is 0.274 e. The molecule has 8 heteroatoms. The lowest BCUT2D eigenvalue weighted by atomic mass is 9.88. The minimum absolute atomic E-state index is 0.130. The van der Waals surface area contributed by atoms with Gasteiger partial charge in [0, 0.05) is 36.3 Å². The number of carbonyl (C=O) groups excluding carboxylic acids is 2. The zero-order valence-corrected chi connectivity index (χ0v) is 22.5. The molecule has 186 valence electrons. The van der Waals surface area contributed by atoms with Gasteiger partial charge in [-0.15, -0.1) is 11.3 Å². The molecule has 1 saturated heterocycles. The highest BCUT2D eigenvalue weighted by atomic mass is 32.1. The van der Waals surface area contributed by atoms with Gasteiger partial charge in [0.1, 0.15) is 11.5 Å². The number of likely N-dealkylation sites (tertiary alicyclic amines) is 1. The summed E-state index contributed by atoms with van der Waals surface area (Å²) in [6, 6.07) is 2.11. The first kappa shape index (κ1) is 26.3. The number of thiazole rings is 1. The van der Waals surface area contributed by atoms with Gasteiger partial charge in [0.15, 0.2) is 10.8 Å². The molecule has 2 atom stereocenters. The van der Waals surface area contributed by atoms with Gasteiger partial charge in [-0.05, 0) is 78.9 Å². The second kappa shape index (κ2) is 9.74. The molecule has 7 nitrogen and oxygen atoms in total. The van der Waals surface area contributed by atoms with Crippen LogP contribution in [0.25, 0.3) is 10.4 Å². The fraction of sp³-hybridized carbons (Fsp3) is 0.615. The Hall–Kier alpha value is -2.32. The van der Waals surface area contributed by atoms with Crippen LogP contribution >= 0.6 is 11.3 Å². The topological polar surface area (TPSA) is 95.4 Å². The fourth-order valence-electron chi connectivity index (χ4n) is 4.00. The van der Waals surface area contributed by atoms with E-state index in [0.29, 0.717) is 22.1 Å². The summed E-state index contributed by atoms with van der Waals surface area (Å²) in [5, 5.41) is 14.0. The summed E-state index contributed by atoms with van der Waals surface area (Å²) >= 11 is 1.24. The van der Waals surface area contributed by atoms with E-state index in [4.69, 9.17) is 0 Å². The number of rotatable bonds is 7. The number of aryl methyl sites for hydroxylation is 1. The van der Waals surface area contributed by atoms with Crippen LogP contribution in [0.15, 0.2) is 12.3 Å². The summed E-state index contributed by atoms with van der Waals surface area (Å²) in [5.74, 6) is 0.221. The van der Waals surface area contributed by atoms with Crippen molar-refractivity contribution in [2.75, 3.05) is 11.9 Å². The minimum atomic E-state index is -0.976. The number of Topliss-reactive ketones (excluding diaryl/α,β-unsaturated/α-hetero) is 1. The molecule has 3 rings (SSSR count). The average molecular weight is 487 g/mol. The van der Waals surface area contributed by atoms with Gasteiger partial charge in [-0.3, -0.25) is 9.59 Å². The molecule has 0 aliphatic carbocycles. The van der Waals surface area contributed by atoms with Gasteiger partial charge in [0.05, 0.1) is 10.5 Å². The third kappa shape index (κ3) is 6.02. The molecular formula is C26H38N4O3S. The Morgan fingerprint density at radius 2 is 1.97 bits per heavy atom. The molecule has 34 heavy (non-hydrogen) atoms. The number of aliphatic hydroxyl groups is 1. The fourth-order valence-corrected chi connectivity index (χ4v) is 5.08.